The number of para-hydroxylation sites is 1. The lowest BCUT2D eigenvalue weighted by Gasteiger charge is -2.19. The molecule has 2 aromatic rings. The number of phosphoric acid groups is 1. The Hall–Kier alpha value is -1.77. The molecule has 0 radical (unpaired) electrons. The summed E-state index contributed by atoms with van der Waals surface area (Å²) in [6.45, 7) is 4.47. The van der Waals surface area contributed by atoms with Gasteiger partial charge in [0.15, 0.2) is 0 Å². The number of benzene rings is 2. The Kier molecular flexibility index (Phi) is 7.36. The lowest BCUT2D eigenvalue weighted by atomic mass is 10.2. The largest absolute Gasteiger partial charge is 0.587 e. The van der Waals surface area contributed by atoms with Crippen LogP contribution in [0.2, 0.25) is 0 Å². The van der Waals surface area contributed by atoms with Gasteiger partial charge in [0.2, 0.25) is 0 Å². The molecule has 0 fully saturated rings. The van der Waals surface area contributed by atoms with Crippen molar-refractivity contribution in [1.82, 2.24) is 0 Å². The number of phosphoric ester groups is 1. The third-order valence-electron chi connectivity index (χ3n) is 3.45. The Labute approximate surface area is 144 Å². The van der Waals surface area contributed by atoms with Gasteiger partial charge in [-0.3, -0.25) is 4.52 Å². The monoisotopic (exact) mass is 348 g/mol. The van der Waals surface area contributed by atoms with Crippen LogP contribution in [0.4, 0.5) is 0 Å². The molecule has 0 aliphatic heterocycles. The van der Waals surface area contributed by atoms with Gasteiger partial charge >= 0.3 is 7.82 Å². The molecule has 2 aromatic carbocycles. The van der Waals surface area contributed by atoms with E-state index in [9.17, 15) is 4.57 Å². The fourth-order valence-corrected chi connectivity index (χ4v) is 3.37. The van der Waals surface area contributed by atoms with Crippen molar-refractivity contribution in [2.45, 2.75) is 39.5 Å². The Morgan fingerprint density at radius 3 is 2.08 bits per heavy atom. The Morgan fingerprint density at radius 1 is 0.833 bits per heavy atom. The first kappa shape index (κ1) is 18.6. The molecule has 1 unspecified atom stereocenters. The van der Waals surface area contributed by atoms with Crippen molar-refractivity contribution in [3.05, 3.63) is 60.2 Å². The first-order valence-corrected chi connectivity index (χ1v) is 9.83. The van der Waals surface area contributed by atoms with Gasteiger partial charge in [0.1, 0.15) is 11.5 Å². The van der Waals surface area contributed by atoms with Crippen molar-refractivity contribution >= 4 is 7.82 Å². The van der Waals surface area contributed by atoms with Crippen LogP contribution in [0.1, 0.15) is 38.2 Å². The molecule has 0 amide bonds. The molecule has 0 spiro atoms. The van der Waals surface area contributed by atoms with E-state index in [0.29, 0.717) is 18.1 Å². The first-order chi connectivity index (χ1) is 11.6. The topological polar surface area (TPSA) is 44.8 Å². The summed E-state index contributed by atoms with van der Waals surface area (Å²) in [4.78, 5) is 0. The lowest BCUT2D eigenvalue weighted by molar-refractivity contribution is 0.205. The standard InChI is InChI=1S/C19H25O4P/c1-3-4-5-9-16-21-24(20,22-18-10-7-6-8-11-18)23-19-14-12-17(2)13-15-19/h6-8,10-15H,3-5,9,16H2,1-2H3. The zero-order chi connectivity index (χ0) is 17.3. The van der Waals surface area contributed by atoms with E-state index in [0.717, 1.165) is 31.2 Å². The molecule has 0 saturated heterocycles. The summed E-state index contributed by atoms with van der Waals surface area (Å²) in [6, 6.07) is 16.3. The lowest BCUT2D eigenvalue weighted by Crippen LogP contribution is -2.06. The number of rotatable bonds is 10. The molecule has 0 aliphatic carbocycles. The van der Waals surface area contributed by atoms with Gasteiger partial charge in [0.25, 0.3) is 0 Å². The van der Waals surface area contributed by atoms with Crippen molar-refractivity contribution in [2.24, 2.45) is 0 Å². The molecule has 0 aromatic heterocycles. The van der Waals surface area contributed by atoms with Gasteiger partial charge in [0, 0.05) is 0 Å². The smallest absolute Gasteiger partial charge is 0.395 e. The quantitative estimate of drug-likeness (QED) is 0.381. The third kappa shape index (κ3) is 6.38. The van der Waals surface area contributed by atoms with Crippen LogP contribution in [0.3, 0.4) is 0 Å². The SMILES string of the molecule is CCCCCCOP(=O)(Oc1ccccc1)Oc1ccc(C)cc1. The van der Waals surface area contributed by atoms with Crippen LogP contribution in [0.15, 0.2) is 54.6 Å². The summed E-state index contributed by atoms with van der Waals surface area (Å²) < 4.78 is 29.7. The summed E-state index contributed by atoms with van der Waals surface area (Å²) in [5.74, 6) is 0.926. The average Bonchev–Trinajstić information content (AvgIpc) is 2.58. The van der Waals surface area contributed by atoms with Gasteiger partial charge in [0.05, 0.1) is 6.61 Å². The predicted molar refractivity (Wildman–Crippen MR) is 96.6 cm³/mol. The molecule has 2 rings (SSSR count). The van der Waals surface area contributed by atoms with Gasteiger partial charge < -0.3 is 9.05 Å². The zero-order valence-electron chi connectivity index (χ0n) is 14.3. The third-order valence-corrected chi connectivity index (χ3v) is 4.81. The molecule has 0 heterocycles. The van der Waals surface area contributed by atoms with Crippen LogP contribution >= 0.6 is 7.82 Å². The predicted octanol–water partition coefficient (Wildman–Crippen LogP) is 6.16. The van der Waals surface area contributed by atoms with Crippen molar-refractivity contribution in [3.8, 4) is 11.5 Å². The Morgan fingerprint density at radius 2 is 1.46 bits per heavy atom. The van der Waals surface area contributed by atoms with Gasteiger partial charge in [-0.05, 0) is 37.6 Å². The highest BCUT2D eigenvalue weighted by Gasteiger charge is 2.30. The molecule has 1 atom stereocenters. The van der Waals surface area contributed by atoms with Crippen LogP contribution in [0.25, 0.3) is 0 Å². The molecule has 0 aliphatic rings. The van der Waals surface area contributed by atoms with E-state index in [1.54, 1.807) is 24.3 Å². The fraction of sp³-hybridized carbons (Fsp3) is 0.368. The number of unbranched alkanes of at least 4 members (excludes halogenated alkanes) is 3. The maximum atomic E-state index is 13.0. The minimum absolute atomic E-state index is 0.343. The maximum Gasteiger partial charge on any atom is 0.587 e. The van der Waals surface area contributed by atoms with Crippen LogP contribution in [-0.2, 0) is 9.09 Å². The van der Waals surface area contributed by atoms with Crippen LogP contribution in [0, 0.1) is 6.92 Å². The normalized spacial score (nSPS) is 13.2. The van der Waals surface area contributed by atoms with Crippen molar-refractivity contribution in [3.63, 3.8) is 0 Å². The van der Waals surface area contributed by atoms with E-state index >= 15 is 0 Å². The highest BCUT2D eigenvalue weighted by atomic mass is 31.2. The summed E-state index contributed by atoms with van der Waals surface area (Å²) in [5.41, 5.74) is 1.10. The summed E-state index contributed by atoms with van der Waals surface area (Å²) in [5, 5.41) is 0. The van der Waals surface area contributed by atoms with Crippen molar-refractivity contribution < 1.29 is 18.1 Å². The minimum atomic E-state index is -3.73. The van der Waals surface area contributed by atoms with Gasteiger partial charge in [-0.2, -0.15) is 0 Å². The number of hydrogen-bond acceptors (Lipinski definition) is 4. The minimum Gasteiger partial charge on any atom is -0.395 e. The van der Waals surface area contributed by atoms with E-state index in [1.807, 2.05) is 37.3 Å². The van der Waals surface area contributed by atoms with Gasteiger partial charge in [-0.1, -0.05) is 62.1 Å². The van der Waals surface area contributed by atoms with E-state index < -0.39 is 7.82 Å². The molecule has 4 nitrogen and oxygen atoms in total. The van der Waals surface area contributed by atoms with E-state index in [4.69, 9.17) is 13.6 Å². The first-order valence-electron chi connectivity index (χ1n) is 8.37. The number of aryl methyl sites for hydroxylation is 1. The van der Waals surface area contributed by atoms with Gasteiger partial charge in [-0.25, -0.2) is 4.57 Å². The van der Waals surface area contributed by atoms with Crippen LogP contribution in [-0.4, -0.2) is 6.61 Å². The summed E-state index contributed by atoms with van der Waals surface area (Å²) >= 11 is 0. The van der Waals surface area contributed by atoms with E-state index in [1.165, 1.54) is 0 Å². The maximum absolute atomic E-state index is 13.0. The number of hydrogen-bond donors (Lipinski definition) is 0. The Balaban J connectivity index is 2.04. The second-order valence-electron chi connectivity index (χ2n) is 5.65. The second kappa shape index (κ2) is 9.51. The summed E-state index contributed by atoms with van der Waals surface area (Å²) in [6.07, 6.45) is 4.13. The Bertz CT molecular complexity index is 640. The van der Waals surface area contributed by atoms with Gasteiger partial charge in [-0.15, -0.1) is 0 Å². The molecular weight excluding hydrogens is 323 g/mol. The van der Waals surface area contributed by atoms with Crippen LogP contribution in [0.5, 0.6) is 11.5 Å². The molecule has 5 heteroatoms. The molecule has 0 N–H and O–H groups in total. The molecular formula is C19H25O4P. The van der Waals surface area contributed by atoms with Crippen LogP contribution < -0.4 is 9.05 Å². The fourth-order valence-electron chi connectivity index (χ4n) is 2.12. The zero-order valence-corrected chi connectivity index (χ0v) is 15.2. The second-order valence-corrected chi connectivity index (χ2v) is 7.17. The highest BCUT2D eigenvalue weighted by molar-refractivity contribution is 7.49. The molecule has 0 bridgehead atoms. The van der Waals surface area contributed by atoms with Crippen molar-refractivity contribution in [1.29, 1.82) is 0 Å². The van der Waals surface area contributed by atoms with E-state index in [2.05, 4.69) is 6.92 Å². The molecule has 0 saturated carbocycles. The average molecular weight is 348 g/mol. The van der Waals surface area contributed by atoms with E-state index in [-0.39, 0.29) is 0 Å². The van der Waals surface area contributed by atoms with Crippen molar-refractivity contribution in [2.75, 3.05) is 6.61 Å². The molecule has 24 heavy (non-hydrogen) atoms. The summed E-state index contributed by atoms with van der Waals surface area (Å²) in [7, 11) is -3.73. The highest BCUT2D eigenvalue weighted by Crippen LogP contribution is 2.49. The molecule has 130 valence electrons.